The Kier molecular flexibility index (Phi) is 7.90. The molecule has 5 rings (SSSR count). The first-order valence-electron chi connectivity index (χ1n) is 13.7. The summed E-state index contributed by atoms with van der Waals surface area (Å²) in [7, 11) is 2.23. The van der Waals surface area contributed by atoms with Crippen LogP contribution in [0.25, 0.3) is 6.08 Å². The zero-order valence-electron chi connectivity index (χ0n) is 21.8. The van der Waals surface area contributed by atoms with Crippen molar-refractivity contribution < 1.29 is 4.74 Å². The number of aryl methyl sites for hydroxylation is 1. The lowest BCUT2D eigenvalue weighted by molar-refractivity contribution is 0.208. The van der Waals surface area contributed by atoms with Gasteiger partial charge in [-0.2, -0.15) is 0 Å². The molecule has 2 aliphatic rings. The van der Waals surface area contributed by atoms with E-state index in [2.05, 4.69) is 72.1 Å². The predicted molar refractivity (Wildman–Crippen MR) is 149 cm³/mol. The zero-order valence-corrected chi connectivity index (χ0v) is 21.8. The molecule has 3 aromatic rings. The second kappa shape index (κ2) is 11.6. The Morgan fingerprint density at radius 3 is 2.61 bits per heavy atom. The van der Waals surface area contributed by atoms with Crippen LogP contribution < -0.4 is 0 Å². The number of H-pyrrole nitrogens is 1. The molecule has 188 valence electrons. The minimum Gasteiger partial charge on any atom is -0.487 e. The Labute approximate surface area is 215 Å². The van der Waals surface area contributed by atoms with E-state index in [0.29, 0.717) is 12.5 Å². The highest BCUT2D eigenvalue weighted by atomic mass is 16.5. The van der Waals surface area contributed by atoms with Gasteiger partial charge >= 0.3 is 0 Å². The number of aromatic amines is 1. The molecule has 2 aromatic heterocycles. The number of fused-ring (bicyclic) bond motifs is 2. The van der Waals surface area contributed by atoms with Crippen LogP contribution in [-0.2, 0) is 24.8 Å². The van der Waals surface area contributed by atoms with Gasteiger partial charge < -0.3 is 14.3 Å². The molecule has 1 atom stereocenters. The summed E-state index contributed by atoms with van der Waals surface area (Å²) in [5.41, 5.74) is 8.21. The molecule has 1 unspecified atom stereocenters. The number of benzene rings is 1. The summed E-state index contributed by atoms with van der Waals surface area (Å²) in [6.07, 6.45) is 17.9. The summed E-state index contributed by atoms with van der Waals surface area (Å²) in [6, 6.07) is 16.9. The van der Waals surface area contributed by atoms with Gasteiger partial charge in [0, 0.05) is 30.7 Å². The van der Waals surface area contributed by atoms with E-state index in [9.17, 15) is 0 Å². The highest BCUT2D eigenvalue weighted by molar-refractivity contribution is 6.11. The van der Waals surface area contributed by atoms with Gasteiger partial charge in [-0.05, 0) is 67.0 Å². The second-order valence-electron chi connectivity index (χ2n) is 10.2. The molecule has 2 bridgehead atoms. The van der Waals surface area contributed by atoms with Gasteiger partial charge in [0.25, 0.3) is 0 Å². The van der Waals surface area contributed by atoms with E-state index in [1.54, 1.807) is 0 Å². The van der Waals surface area contributed by atoms with Crippen molar-refractivity contribution in [1.29, 1.82) is 0 Å². The number of allylic oxidation sites excluding steroid dienone is 1. The number of rotatable bonds is 6. The molecule has 3 heterocycles. The second-order valence-corrected chi connectivity index (χ2v) is 10.2. The van der Waals surface area contributed by atoms with E-state index in [0.717, 1.165) is 34.8 Å². The molecular formula is C32H39N3O. The van der Waals surface area contributed by atoms with Gasteiger partial charge in [0.1, 0.15) is 18.1 Å². The van der Waals surface area contributed by atoms with Crippen LogP contribution in [0.3, 0.4) is 0 Å². The molecule has 0 saturated heterocycles. The number of aromatic nitrogens is 2. The molecule has 1 aliphatic heterocycles. The van der Waals surface area contributed by atoms with Crippen molar-refractivity contribution in [1.82, 2.24) is 9.55 Å². The number of hydrogen-bond acceptors (Lipinski definition) is 2. The van der Waals surface area contributed by atoms with E-state index in [4.69, 9.17) is 9.73 Å². The lowest BCUT2D eigenvalue weighted by Crippen LogP contribution is -2.03. The summed E-state index contributed by atoms with van der Waals surface area (Å²) in [6.45, 7) is 2.87. The van der Waals surface area contributed by atoms with Crippen LogP contribution in [0.15, 0.2) is 77.3 Å². The maximum absolute atomic E-state index is 6.37. The summed E-state index contributed by atoms with van der Waals surface area (Å²) < 4.78 is 8.79. The summed E-state index contributed by atoms with van der Waals surface area (Å²) in [5, 5.41) is 0. The Morgan fingerprint density at radius 2 is 1.83 bits per heavy atom. The van der Waals surface area contributed by atoms with Gasteiger partial charge in [0.15, 0.2) is 0 Å². The van der Waals surface area contributed by atoms with Crippen molar-refractivity contribution >= 4 is 11.8 Å². The Bertz CT molecular complexity index is 1230. The highest BCUT2D eigenvalue weighted by Crippen LogP contribution is 2.35. The highest BCUT2D eigenvalue weighted by Gasteiger charge is 2.23. The molecule has 1 aliphatic carbocycles. The minimum absolute atomic E-state index is 0.528. The van der Waals surface area contributed by atoms with Gasteiger partial charge in [0.05, 0.1) is 11.4 Å². The first kappa shape index (κ1) is 24.4. The Hall–Kier alpha value is -3.27. The molecule has 0 spiro atoms. The molecule has 0 fully saturated rings. The van der Waals surface area contributed by atoms with Gasteiger partial charge in [-0.25, -0.2) is 4.99 Å². The third kappa shape index (κ3) is 5.59. The molecule has 4 heteroatoms. The predicted octanol–water partition coefficient (Wildman–Crippen LogP) is 8.08. The lowest BCUT2D eigenvalue weighted by atomic mass is 9.89. The number of nitrogens with zero attached hydrogens (tertiary/aromatic N) is 2. The number of nitrogens with one attached hydrogen (secondary N) is 1. The fourth-order valence-corrected chi connectivity index (χ4v) is 5.56. The Balaban J connectivity index is 1.52. The van der Waals surface area contributed by atoms with Crippen LogP contribution in [0.5, 0.6) is 0 Å². The molecule has 36 heavy (non-hydrogen) atoms. The average Bonchev–Trinajstić information content (AvgIpc) is 3.63. The van der Waals surface area contributed by atoms with E-state index < -0.39 is 0 Å². The molecule has 0 radical (unpaired) electrons. The first-order chi connectivity index (χ1) is 17.7. The third-order valence-corrected chi connectivity index (χ3v) is 7.72. The fraction of sp³-hybridized carbons (Fsp3) is 0.406. The van der Waals surface area contributed by atoms with Crippen molar-refractivity contribution in [3.8, 4) is 0 Å². The lowest BCUT2D eigenvalue weighted by Gasteiger charge is -2.16. The maximum Gasteiger partial charge on any atom is 0.147 e. The van der Waals surface area contributed by atoms with Gasteiger partial charge in [-0.15, -0.1) is 0 Å². The molecule has 1 N–H and O–H groups in total. The standard InChI is InChI=1S/C32H39N3O/c1-3-25-16-11-6-4-5-7-12-17-26-20-27(25)31(35(26)2)21-30-32(36-23-24-14-9-8-10-15-24)22-29(34-30)28-18-13-19-33-28/h8-10,13-15,18-22,25,33H,3-7,11-12,16-17,23H2,1-2H3. The minimum atomic E-state index is 0.528. The first-order valence-corrected chi connectivity index (χ1v) is 13.7. The number of hydrogen-bond donors (Lipinski definition) is 1. The normalized spacial score (nSPS) is 19.9. The monoisotopic (exact) mass is 481 g/mol. The SMILES string of the molecule is CCC1CCCCCCCCc2cc1c(C=C1N=C(c3ccc[nH]3)C=C1OCc1ccccc1)n2C. The maximum atomic E-state index is 6.37. The Morgan fingerprint density at radius 1 is 1.03 bits per heavy atom. The largest absolute Gasteiger partial charge is 0.487 e. The van der Waals surface area contributed by atoms with Crippen LogP contribution in [-0.4, -0.2) is 15.3 Å². The third-order valence-electron chi connectivity index (χ3n) is 7.72. The van der Waals surface area contributed by atoms with Gasteiger partial charge in [-0.1, -0.05) is 69.4 Å². The topological polar surface area (TPSA) is 42.3 Å². The molecule has 4 nitrogen and oxygen atoms in total. The number of ether oxygens (including phenoxy) is 1. The summed E-state index contributed by atoms with van der Waals surface area (Å²) in [4.78, 5) is 8.35. The van der Waals surface area contributed by atoms with Crippen molar-refractivity contribution in [3.63, 3.8) is 0 Å². The summed E-state index contributed by atoms with van der Waals surface area (Å²) in [5.74, 6) is 1.42. The van der Waals surface area contributed by atoms with Crippen molar-refractivity contribution in [2.24, 2.45) is 12.0 Å². The van der Waals surface area contributed by atoms with Crippen molar-refractivity contribution in [3.05, 3.63) is 100 Å². The molecule has 0 saturated carbocycles. The zero-order chi connectivity index (χ0) is 24.7. The van der Waals surface area contributed by atoms with Crippen molar-refractivity contribution in [2.75, 3.05) is 0 Å². The van der Waals surface area contributed by atoms with Gasteiger partial charge in [0.2, 0.25) is 0 Å². The fourth-order valence-electron chi connectivity index (χ4n) is 5.56. The molecule has 0 amide bonds. The van der Waals surface area contributed by atoms with E-state index in [1.165, 1.54) is 68.3 Å². The van der Waals surface area contributed by atoms with Crippen LogP contribution in [0, 0.1) is 0 Å². The van der Waals surface area contributed by atoms with Crippen LogP contribution in [0.2, 0.25) is 0 Å². The van der Waals surface area contributed by atoms with E-state index in [1.807, 2.05) is 18.3 Å². The van der Waals surface area contributed by atoms with E-state index in [-0.39, 0.29) is 0 Å². The van der Waals surface area contributed by atoms with E-state index >= 15 is 0 Å². The smallest absolute Gasteiger partial charge is 0.147 e. The van der Waals surface area contributed by atoms with Crippen LogP contribution in [0.1, 0.15) is 92.4 Å². The van der Waals surface area contributed by atoms with Crippen LogP contribution in [0.4, 0.5) is 0 Å². The van der Waals surface area contributed by atoms with Gasteiger partial charge in [-0.3, -0.25) is 0 Å². The number of aliphatic imine (C=N–C) groups is 1. The average molecular weight is 482 g/mol. The van der Waals surface area contributed by atoms with Crippen LogP contribution >= 0.6 is 0 Å². The summed E-state index contributed by atoms with van der Waals surface area (Å²) >= 11 is 0. The quantitative estimate of drug-likeness (QED) is 0.380. The molecule has 1 aromatic carbocycles. The van der Waals surface area contributed by atoms with Crippen molar-refractivity contribution in [2.45, 2.75) is 77.2 Å². The molecular weight excluding hydrogens is 442 g/mol.